The van der Waals surface area contributed by atoms with E-state index >= 15 is 0 Å². The highest BCUT2D eigenvalue weighted by Crippen LogP contribution is 2.16. The van der Waals surface area contributed by atoms with E-state index in [1.165, 1.54) is 11.3 Å². The summed E-state index contributed by atoms with van der Waals surface area (Å²) in [6, 6.07) is 10.5. The van der Waals surface area contributed by atoms with Crippen molar-refractivity contribution in [3.05, 3.63) is 52.2 Å². The van der Waals surface area contributed by atoms with Crippen LogP contribution in [0.15, 0.2) is 46.9 Å². The van der Waals surface area contributed by atoms with Gasteiger partial charge in [0.25, 0.3) is 0 Å². The van der Waals surface area contributed by atoms with E-state index in [1.54, 1.807) is 42.6 Å². The Hall–Kier alpha value is -2.18. The summed E-state index contributed by atoms with van der Waals surface area (Å²) in [5.41, 5.74) is 3.55. The zero-order valence-electron chi connectivity index (χ0n) is 10.7. The van der Waals surface area contributed by atoms with Gasteiger partial charge in [0.1, 0.15) is 10.6 Å². The summed E-state index contributed by atoms with van der Waals surface area (Å²) >= 11 is 1.34. The summed E-state index contributed by atoms with van der Waals surface area (Å²) in [5.74, 6) is 0.134. The number of nitrogens with one attached hydrogen (secondary N) is 1. The molecule has 20 heavy (non-hydrogen) atoms. The third-order valence-corrected chi connectivity index (χ3v) is 3.19. The van der Waals surface area contributed by atoms with Crippen molar-refractivity contribution in [1.29, 1.82) is 0 Å². The highest BCUT2D eigenvalue weighted by atomic mass is 32.1. The molecule has 2 rings (SSSR count). The van der Waals surface area contributed by atoms with Crippen LogP contribution in [0.5, 0.6) is 5.75 Å². The molecule has 0 saturated heterocycles. The standard InChI is InChI=1S/C14H14N2O3S/c17-8-7-15-16-10-11-3-5-12(6-4-11)19-14(18)13-2-1-9-20-13/h1-6,9-10,15,17H,7-8H2/b16-10+. The van der Waals surface area contributed by atoms with Gasteiger partial charge in [0.05, 0.1) is 19.4 Å². The Labute approximate surface area is 120 Å². The molecule has 0 aliphatic rings. The van der Waals surface area contributed by atoms with Crippen LogP contribution < -0.4 is 10.2 Å². The minimum absolute atomic E-state index is 0.0367. The molecule has 1 heterocycles. The number of hydrogen-bond donors (Lipinski definition) is 2. The number of aliphatic hydroxyl groups excluding tert-OH is 1. The van der Waals surface area contributed by atoms with Gasteiger partial charge in [-0.3, -0.25) is 0 Å². The van der Waals surface area contributed by atoms with Gasteiger partial charge >= 0.3 is 5.97 Å². The summed E-state index contributed by atoms with van der Waals surface area (Å²) in [7, 11) is 0. The maximum absolute atomic E-state index is 11.7. The van der Waals surface area contributed by atoms with Crippen LogP contribution in [0.4, 0.5) is 0 Å². The Bertz CT molecular complexity index is 565. The second-order valence-corrected chi connectivity index (χ2v) is 4.77. The van der Waals surface area contributed by atoms with Gasteiger partial charge in [-0.15, -0.1) is 11.3 Å². The maximum atomic E-state index is 11.7. The number of benzene rings is 1. The van der Waals surface area contributed by atoms with Crippen LogP contribution in [-0.4, -0.2) is 30.4 Å². The molecule has 0 radical (unpaired) electrons. The van der Waals surface area contributed by atoms with E-state index in [2.05, 4.69) is 10.5 Å². The van der Waals surface area contributed by atoms with Crippen LogP contribution in [0.25, 0.3) is 0 Å². The van der Waals surface area contributed by atoms with Crippen LogP contribution in [-0.2, 0) is 0 Å². The van der Waals surface area contributed by atoms with Crippen molar-refractivity contribution in [2.75, 3.05) is 13.2 Å². The largest absolute Gasteiger partial charge is 0.422 e. The number of nitrogens with zero attached hydrogens (tertiary/aromatic N) is 1. The number of aliphatic hydroxyl groups is 1. The summed E-state index contributed by atoms with van der Waals surface area (Å²) in [4.78, 5) is 12.3. The van der Waals surface area contributed by atoms with E-state index in [9.17, 15) is 4.79 Å². The number of thiophene rings is 1. The van der Waals surface area contributed by atoms with Crippen molar-refractivity contribution in [3.63, 3.8) is 0 Å². The van der Waals surface area contributed by atoms with E-state index in [0.717, 1.165) is 5.56 Å². The van der Waals surface area contributed by atoms with Crippen molar-refractivity contribution in [1.82, 2.24) is 5.43 Å². The van der Waals surface area contributed by atoms with Gasteiger partial charge in [0.2, 0.25) is 0 Å². The van der Waals surface area contributed by atoms with E-state index in [-0.39, 0.29) is 12.6 Å². The molecule has 5 nitrogen and oxygen atoms in total. The fourth-order valence-electron chi connectivity index (χ4n) is 1.41. The summed E-state index contributed by atoms with van der Waals surface area (Å²) in [6.45, 7) is 0.446. The Balaban J connectivity index is 1.91. The maximum Gasteiger partial charge on any atom is 0.353 e. The van der Waals surface area contributed by atoms with E-state index in [1.807, 2.05) is 5.38 Å². The molecule has 0 aliphatic heterocycles. The minimum atomic E-state index is -0.356. The molecule has 2 N–H and O–H groups in total. The second kappa shape index (κ2) is 7.42. The van der Waals surface area contributed by atoms with Crippen molar-refractivity contribution < 1.29 is 14.6 Å². The van der Waals surface area contributed by atoms with Gasteiger partial charge in [-0.25, -0.2) is 4.79 Å². The quantitative estimate of drug-likeness (QED) is 0.280. The van der Waals surface area contributed by atoms with Crippen molar-refractivity contribution >= 4 is 23.5 Å². The number of hydrogen-bond acceptors (Lipinski definition) is 6. The molecule has 0 bridgehead atoms. The molecule has 0 unspecified atom stereocenters. The van der Waals surface area contributed by atoms with E-state index < -0.39 is 0 Å². The smallest absolute Gasteiger partial charge is 0.353 e. The Morgan fingerprint density at radius 3 is 2.80 bits per heavy atom. The van der Waals surface area contributed by atoms with Gasteiger partial charge in [-0.05, 0) is 41.3 Å². The topological polar surface area (TPSA) is 70.9 Å². The highest BCUT2D eigenvalue weighted by Gasteiger charge is 2.08. The molecule has 0 saturated carbocycles. The van der Waals surface area contributed by atoms with Crippen LogP contribution in [0, 0.1) is 0 Å². The molecule has 1 aromatic carbocycles. The summed E-state index contributed by atoms with van der Waals surface area (Å²) < 4.78 is 5.24. The molecule has 0 amide bonds. The predicted octanol–water partition coefficient (Wildman–Crippen LogP) is 1.88. The molecule has 0 spiro atoms. The summed E-state index contributed by atoms with van der Waals surface area (Å²) in [5, 5.41) is 14.3. The molecule has 6 heteroatoms. The molecule has 2 aromatic rings. The van der Waals surface area contributed by atoms with Crippen molar-refractivity contribution in [2.24, 2.45) is 5.10 Å². The first-order chi connectivity index (χ1) is 9.79. The average Bonchev–Trinajstić information content (AvgIpc) is 3.00. The molecule has 0 atom stereocenters. The van der Waals surface area contributed by atoms with Crippen molar-refractivity contribution in [3.8, 4) is 5.75 Å². The van der Waals surface area contributed by atoms with Crippen molar-refractivity contribution in [2.45, 2.75) is 0 Å². The lowest BCUT2D eigenvalue weighted by Crippen LogP contribution is -2.11. The number of carbonyl (C=O) groups is 1. The second-order valence-electron chi connectivity index (χ2n) is 3.83. The highest BCUT2D eigenvalue weighted by molar-refractivity contribution is 7.12. The Morgan fingerprint density at radius 2 is 2.15 bits per heavy atom. The number of rotatable bonds is 6. The monoisotopic (exact) mass is 290 g/mol. The molecular weight excluding hydrogens is 276 g/mol. The molecule has 0 aliphatic carbocycles. The lowest BCUT2D eigenvalue weighted by atomic mass is 10.2. The number of carbonyl (C=O) groups excluding carboxylic acids is 1. The summed E-state index contributed by atoms with van der Waals surface area (Å²) in [6.07, 6.45) is 1.63. The molecule has 0 fully saturated rings. The van der Waals surface area contributed by atoms with Gasteiger partial charge in [0, 0.05) is 0 Å². The zero-order chi connectivity index (χ0) is 14.2. The third kappa shape index (κ3) is 4.18. The molecular formula is C14H14N2O3S. The van der Waals surface area contributed by atoms with E-state index in [4.69, 9.17) is 9.84 Å². The first kappa shape index (κ1) is 14.2. The third-order valence-electron chi connectivity index (χ3n) is 2.34. The van der Waals surface area contributed by atoms with Crippen LogP contribution in [0.1, 0.15) is 15.2 Å². The minimum Gasteiger partial charge on any atom is -0.422 e. The van der Waals surface area contributed by atoms with Gasteiger partial charge in [-0.2, -0.15) is 5.10 Å². The van der Waals surface area contributed by atoms with Gasteiger partial charge in [0.15, 0.2) is 0 Å². The Morgan fingerprint density at radius 1 is 1.35 bits per heavy atom. The van der Waals surface area contributed by atoms with Crippen LogP contribution >= 0.6 is 11.3 Å². The van der Waals surface area contributed by atoms with Crippen LogP contribution in [0.2, 0.25) is 0 Å². The van der Waals surface area contributed by atoms with Crippen LogP contribution in [0.3, 0.4) is 0 Å². The Kier molecular flexibility index (Phi) is 5.28. The number of ether oxygens (including phenoxy) is 1. The first-order valence-electron chi connectivity index (χ1n) is 6.02. The zero-order valence-corrected chi connectivity index (χ0v) is 11.5. The predicted molar refractivity (Wildman–Crippen MR) is 78.4 cm³/mol. The fraction of sp³-hybridized carbons (Fsp3) is 0.143. The molecule has 104 valence electrons. The molecule has 1 aromatic heterocycles. The average molecular weight is 290 g/mol. The van der Waals surface area contributed by atoms with Gasteiger partial charge < -0.3 is 15.3 Å². The van der Waals surface area contributed by atoms with Gasteiger partial charge in [-0.1, -0.05) is 6.07 Å². The lowest BCUT2D eigenvalue weighted by Gasteiger charge is -2.02. The number of esters is 1. The fourth-order valence-corrected chi connectivity index (χ4v) is 2.01. The number of hydrazone groups is 1. The lowest BCUT2D eigenvalue weighted by molar-refractivity contribution is 0.0740. The first-order valence-corrected chi connectivity index (χ1v) is 6.90. The van der Waals surface area contributed by atoms with E-state index in [0.29, 0.717) is 17.2 Å². The normalized spacial score (nSPS) is 10.7. The SMILES string of the molecule is O=C(Oc1ccc(/C=N/NCCO)cc1)c1cccs1.